The van der Waals surface area contributed by atoms with Gasteiger partial charge in [-0.2, -0.15) is 0 Å². The van der Waals surface area contributed by atoms with E-state index in [1.807, 2.05) is 6.92 Å². The molecule has 3 aliphatic carbocycles. The average Bonchev–Trinajstić information content (AvgIpc) is 3.05. The summed E-state index contributed by atoms with van der Waals surface area (Å²) in [5.74, 6) is -9.70. The van der Waals surface area contributed by atoms with E-state index in [9.17, 15) is 49.2 Å². The molecule has 52 heavy (non-hydrogen) atoms. The number of likely N-dealkylation sites (N-methyl/N-ethyl adjacent to an activating group) is 1. The van der Waals surface area contributed by atoms with Gasteiger partial charge in [-0.1, -0.05) is 27.2 Å². The molecule has 0 spiro atoms. The number of Topliss-reactive ketones (excluding diaryl/α,β-unsaturated/α-hetero) is 2. The monoisotopic (exact) mass is 729 g/mol. The predicted molar refractivity (Wildman–Crippen MR) is 186 cm³/mol. The Morgan fingerprint density at radius 2 is 1.73 bits per heavy atom. The van der Waals surface area contributed by atoms with E-state index in [2.05, 4.69) is 5.32 Å². The fourth-order valence-electron chi connectivity index (χ4n) is 7.13. The van der Waals surface area contributed by atoms with Gasteiger partial charge in [0.05, 0.1) is 23.2 Å². The van der Waals surface area contributed by atoms with Crippen LogP contribution in [-0.2, 0) is 39.9 Å². The molecule has 0 aromatic heterocycles. The highest BCUT2D eigenvalue weighted by molar-refractivity contribution is 6.24. The van der Waals surface area contributed by atoms with E-state index in [0.29, 0.717) is 24.1 Å². The number of unbranched alkanes of at least 4 members (excludes halogenated alkanes) is 1. The first-order valence-corrected chi connectivity index (χ1v) is 16.9. The first-order valence-electron chi connectivity index (χ1n) is 16.9. The lowest BCUT2D eigenvalue weighted by Gasteiger charge is -2.50. The number of aliphatic hydroxyl groups is 3. The number of hydrogen-bond donors (Lipinski definition) is 6. The molecule has 0 heterocycles. The van der Waals surface area contributed by atoms with E-state index in [1.54, 1.807) is 32.8 Å². The van der Waals surface area contributed by atoms with Crippen LogP contribution in [0.5, 0.6) is 5.75 Å². The topological polar surface area (TPSA) is 250 Å². The second kappa shape index (κ2) is 15.2. The molecule has 17 heteroatoms. The number of carbonyl (C=O) groups is 6. The number of phenols is 1. The summed E-state index contributed by atoms with van der Waals surface area (Å²) in [6.45, 7) is 4.06. The third kappa shape index (κ3) is 7.01. The van der Waals surface area contributed by atoms with Gasteiger partial charge >= 0.3 is 12.1 Å². The van der Waals surface area contributed by atoms with Crippen molar-refractivity contribution in [2.75, 3.05) is 58.3 Å². The number of hydrogen-bond acceptors (Lipinski definition) is 14. The summed E-state index contributed by atoms with van der Waals surface area (Å²) in [6.07, 6.45) is 0.239. The Hall–Kier alpha value is -5.16. The van der Waals surface area contributed by atoms with Crippen LogP contribution >= 0.6 is 0 Å². The van der Waals surface area contributed by atoms with E-state index < -0.39 is 101 Å². The zero-order chi connectivity index (χ0) is 39.0. The largest absolute Gasteiger partial charge is 0.508 e. The molecule has 0 radical (unpaired) electrons. The van der Waals surface area contributed by atoms with Crippen LogP contribution in [0.4, 0.5) is 16.2 Å². The molecule has 7 N–H and O–H groups in total. The lowest BCUT2D eigenvalue weighted by molar-refractivity contribution is -0.156. The Labute approximate surface area is 300 Å². The van der Waals surface area contributed by atoms with Gasteiger partial charge in [0.15, 0.2) is 11.4 Å². The van der Waals surface area contributed by atoms with Crippen molar-refractivity contribution in [2.24, 2.45) is 23.5 Å². The van der Waals surface area contributed by atoms with Crippen LogP contribution < -0.4 is 16.0 Å². The molecule has 17 nitrogen and oxygen atoms in total. The van der Waals surface area contributed by atoms with Gasteiger partial charge in [-0.25, -0.2) is 4.79 Å². The number of nitrogens with zero attached hydrogens (tertiary/aromatic N) is 3. The van der Waals surface area contributed by atoms with Gasteiger partial charge < -0.3 is 45.9 Å². The van der Waals surface area contributed by atoms with Crippen molar-refractivity contribution in [3.8, 4) is 5.75 Å². The number of ketones is 2. The number of benzene rings is 1. The third-order valence-electron chi connectivity index (χ3n) is 9.68. The average molecular weight is 730 g/mol. The molecule has 3 amide bonds. The Bertz CT molecular complexity index is 1750. The highest BCUT2D eigenvalue weighted by Gasteiger charge is 2.64. The van der Waals surface area contributed by atoms with E-state index in [4.69, 9.17) is 15.2 Å². The number of esters is 1. The number of anilines is 2. The van der Waals surface area contributed by atoms with Gasteiger partial charge in [-0.15, -0.1) is 0 Å². The quantitative estimate of drug-likeness (QED) is 0.0770. The van der Waals surface area contributed by atoms with Gasteiger partial charge in [-0.05, 0) is 50.9 Å². The number of ether oxygens (including phenoxy) is 2. The summed E-state index contributed by atoms with van der Waals surface area (Å²) >= 11 is 0. The molecule has 0 bridgehead atoms. The van der Waals surface area contributed by atoms with Gasteiger partial charge in [0.2, 0.25) is 18.5 Å². The number of aliphatic hydroxyl groups excluding tert-OH is 2. The van der Waals surface area contributed by atoms with Crippen molar-refractivity contribution in [1.82, 2.24) is 9.80 Å². The summed E-state index contributed by atoms with van der Waals surface area (Å²) in [5.41, 5.74) is 1.77. The molecular weight excluding hydrogens is 682 g/mol. The number of carbonyl (C=O) groups excluding carboxylic acids is 6. The zero-order valence-electron chi connectivity index (χ0n) is 30.3. The fraction of sp³-hybridized carbons (Fsp3) is 0.543. The van der Waals surface area contributed by atoms with Crippen LogP contribution in [0.25, 0.3) is 5.76 Å². The van der Waals surface area contributed by atoms with Crippen LogP contribution in [-0.4, -0.2) is 125 Å². The van der Waals surface area contributed by atoms with Gasteiger partial charge in [-0.3, -0.25) is 33.8 Å². The lowest BCUT2D eigenvalue weighted by Crippen LogP contribution is -2.65. The zero-order valence-corrected chi connectivity index (χ0v) is 30.3. The number of phenolic OH excluding ortho intramolecular Hbond substituents is 1. The van der Waals surface area contributed by atoms with E-state index >= 15 is 0 Å². The van der Waals surface area contributed by atoms with Crippen molar-refractivity contribution in [1.29, 1.82) is 0 Å². The molecule has 2 unspecified atom stereocenters. The number of nitrogens with one attached hydrogen (secondary N) is 1. The molecule has 4 atom stereocenters. The Balaban J connectivity index is 1.73. The molecule has 3 aliphatic rings. The number of aromatic hydroxyl groups is 1. The minimum absolute atomic E-state index is 0.0435. The maximum Gasteiger partial charge on any atom is 0.413 e. The van der Waals surface area contributed by atoms with Crippen LogP contribution in [0.15, 0.2) is 23.0 Å². The molecule has 1 aromatic rings. The summed E-state index contributed by atoms with van der Waals surface area (Å²) in [4.78, 5) is 81.9. The summed E-state index contributed by atoms with van der Waals surface area (Å²) in [5, 5.41) is 48.8. The van der Waals surface area contributed by atoms with Crippen molar-refractivity contribution in [3.05, 3.63) is 34.1 Å². The molecular formula is C35H47N5O12. The fourth-order valence-corrected chi connectivity index (χ4v) is 7.13. The Morgan fingerprint density at radius 1 is 1.08 bits per heavy atom. The van der Waals surface area contributed by atoms with E-state index in [0.717, 1.165) is 4.90 Å². The first-order chi connectivity index (χ1) is 24.3. The second-order valence-electron chi connectivity index (χ2n) is 14.0. The minimum Gasteiger partial charge on any atom is -0.508 e. The van der Waals surface area contributed by atoms with Crippen LogP contribution in [0, 0.1) is 17.8 Å². The number of primary amides is 1. The Kier molecular flexibility index (Phi) is 11.6. The van der Waals surface area contributed by atoms with E-state index in [1.165, 1.54) is 25.1 Å². The first kappa shape index (κ1) is 39.6. The van der Waals surface area contributed by atoms with Crippen LogP contribution in [0.2, 0.25) is 0 Å². The maximum atomic E-state index is 14.2. The van der Waals surface area contributed by atoms with Gasteiger partial charge in [0, 0.05) is 37.8 Å². The summed E-state index contributed by atoms with van der Waals surface area (Å²) < 4.78 is 9.94. The molecule has 1 aromatic carbocycles. The number of fused-ring (bicyclic) bond motifs is 3. The lowest BCUT2D eigenvalue weighted by atomic mass is 9.57. The van der Waals surface area contributed by atoms with Crippen LogP contribution in [0.3, 0.4) is 0 Å². The molecule has 0 saturated heterocycles. The highest BCUT2D eigenvalue weighted by Crippen LogP contribution is 2.54. The number of nitrogens with two attached hydrogens (primary N) is 1. The van der Waals surface area contributed by atoms with Gasteiger partial charge in [0.25, 0.3) is 5.91 Å². The molecule has 0 aliphatic heterocycles. The second-order valence-corrected chi connectivity index (χ2v) is 14.0. The minimum atomic E-state index is -2.81. The molecule has 284 valence electrons. The molecule has 1 fully saturated rings. The summed E-state index contributed by atoms with van der Waals surface area (Å²) in [6, 6.07) is 0.243. The standard InChI is InChI=1S/C35H47N5O12/c1-8-9-10-40(34(49)52-15-51-33(48)16(2)3)14-22(41)37-20-13-21(38(4)5)18-11-17-12-19-26(39(6)7)29(44)25(32(36)47)31(46)35(19,50)30(45)23(17)28(43)24(18)27(20)42/h13,16-17,19,26,42-43,46,50H,8-12,14-15H2,1-7H3,(H2,36,47)(H,37,41)/t17?,19?,26-,35-/m0/s1. The normalized spacial score (nSPS) is 22.5. The third-order valence-corrected chi connectivity index (χ3v) is 9.68. The van der Waals surface area contributed by atoms with Crippen LogP contribution in [0.1, 0.15) is 51.2 Å². The van der Waals surface area contributed by atoms with Crippen molar-refractivity contribution < 1.29 is 58.7 Å². The van der Waals surface area contributed by atoms with E-state index in [-0.39, 0.29) is 36.2 Å². The Morgan fingerprint density at radius 3 is 2.29 bits per heavy atom. The maximum absolute atomic E-state index is 14.2. The smallest absolute Gasteiger partial charge is 0.413 e. The molecule has 4 rings (SSSR count). The number of amides is 3. The highest BCUT2D eigenvalue weighted by atomic mass is 16.7. The predicted octanol–water partition coefficient (Wildman–Crippen LogP) is 1.36. The summed E-state index contributed by atoms with van der Waals surface area (Å²) in [7, 11) is 6.40. The van der Waals surface area contributed by atoms with Gasteiger partial charge in [0.1, 0.15) is 29.4 Å². The molecule has 1 saturated carbocycles. The van der Waals surface area contributed by atoms with Crippen molar-refractivity contribution in [3.63, 3.8) is 0 Å². The van der Waals surface area contributed by atoms with Crippen molar-refractivity contribution >= 4 is 52.6 Å². The van der Waals surface area contributed by atoms with Crippen molar-refractivity contribution in [2.45, 2.75) is 58.1 Å². The number of rotatable bonds is 12. The SMILES string of the molecule is CCCCN(CC(=O)Nc1cc(N(C)C)c2c(c1O)C(O)=C1C(=O)[C@]3(O)C(O)=C(C(N)=O)C(=O)[C@@H](N(C)C)C3CC1C2)C(=O)OCOC(=O)C(C)C.